The Morgan fingerprint density at radius 2 is 1.90 bits per heavy atom. The number of amides is 2. The van der Waals surface area contributed by atoms with Gasteiger partial charge in [0.1, 0.15) is 11.5 Å². The molecule has 7 heteroatoms. The SMILES string of the molecule is COc1ccc([C@H]2[C@H]3CNC[C@H]3CN2C(=O)COc2ccccc2C(N)=O)cc1. The zero-order chi connectivity index (χ0) is 20.4. The van der Waals surface area contributed by atoms with Crippen LogP contribution in [0.2, 0.25) is 0 Å². The molecule has 2 aliphatic rings. The summed E-state index contributed by atoms with van der Waals surface area (Å²) in [5.74, 6) is 1.23. The molecule has 0 aliphatic carbocycles. The fourth-order valence-electron chi connectivity index (χ4n) is 4.42. The molecular formula is C22H25N3O4. The summed E-state index contributed by atoms with van der Waals surface area (Å²) in [4.78, 5) is 26.6. The van der Waals surface area contributed by atoms with E-state index in [1.54, 1.807) is 31.4 Å². The molecule has 3 N–H and O–H groups in total. The van der Waals surface area contributed by atoms with Gasteiger partial charge in [0.25, 0.3) is 11.8 Å². The van der Waals surface area contributed by atoms with Crippen LogP contribution >= 0.6 is 0 Å². The summed E-state index contributed by atoms with van der Waals surface area (Å²) in [6.07, 6.45) is 0. The molecule has 0 aromatic heterocycles. The van der Waals surface area contributed by atoms with Gasteiger partial charge in [0.15, 0.2) is 6.61 Å². The van der Waals surface area contributed by atoms with E-state index in [1.807, 2.05) is 29.2 Å². The minimum atomic E-state index is -0.578. The predicted octanol–water partition coefficient (Wildman–Crippen LogP) is 1.59. The van der Waals surface area contributed by atoms with Crippen LogP contribution in [0.4, 0.5) is 0 Å². The van der Waals surface area contributed by atoms with Crippen molar-refractivity contribution in [1.82, 2.24) is 10.2 Å². The first-order chi connectivity index (χ1) is 14.1. The van der Waals surface area contributed by atoms with Gasteiger partial charge in [-0.2, -0.15) is 0 Å². The molecule has 7 nitrogen and oxygen atoms in total. The normalized spacial score (nSPS) is 22.9. The predicted molar refractivity (Wildman–Crippen MR) is 108 cm³/mol. The molecule has 0 radical (unpaired) electrons. The molecule has 0 bridgehead atoms. The lowest BCUT2D eigenvalue weighted by Gasteiger charge is -2.28. The Morgan fingerprint density at radius 1 is 1.14 bits per heavy atom. The van der Waals surface area contributed by atoms with Gasteiger partial charge in [0.2, 0.25) is 0 Å². The number of carbonyl (C=O) groups excluding carboxylic acids is 2. The van der Waals surface area contributed by atoms with Gasteiger partial charge in [-0.15, -0.1) is 0 Å². The molecule has 152 valence electrons. The molecule has 2 heterocycles. The Labute approximate surface area is 169 Å². The second-order valence-corrected chi connectivity index (χ2v) is 7.50. The van der Waals surface area contributed by atoms with Crippen LogP contribution in [0.1, 0.15) is 22.0 Å². The van der Waals surface area contributed by atoms with Crippen molar-refractivity contribution < 1.29 is 19.1 Å². The molecule has 4 rings (SSSR count). The van der Waals surface area contributed by atoms with Gasteiger partial charge < -0.3 is 25.4 Å². The van der Waals surface area contributed by atoms with E-state index in [0.717, 1.165) is 24.4 Å². The smallest absolute Gasteiger partial charge is 0.261 e. The Hall–Kier alpha value is -3.06. The zero-order valence-corrected chi connectivity index (χ0v) is 16.3. The molecule has 3 atom stereocenters. The van der Waals surface area contributed by atoms with E-state index in [2.05, 4.69) is 5.32 Å². The first-order valence-electron chi connectivity index (χ1n) is 9.74. The lowest BCUT2D eigenvalue weighted by atomic mass is 9.89. The number of para-hydroxylation sites is 1. The van der Waals surface area contributed by atoms with Crippen LogP contribution in [0.3, 0.4) is 0 Å². The zero-order valence-electron chi connectivity index (χ0n) is 16.3. The van der Waals surface area contributed by atoms with Crippen molar-refractivity contribution in [1.29, 1.82) is 0 Å². The van der Waals surface area contributed by atoms with Crippen LogP contribution in [0.25, 0.3) is 0 Å². The summed E-state index contributed by atoms with van der Waals surface area (Å²) in [7, 11) is 1.64. The Balaban J connectivity index is 1.52. The van der Waals surface area contributed by atoms with Crippen molar-refractivity contribution in [2.24, 2.45) is 17.6 Å². The van der Waals surface area contributed by atoms with E-state index in [9.17, 15) is 9.59 Å². The number of primary amides is 1. The largest absolute Gasteiger partial charge is 0.497 e. The third-order valence-corrected chi connectivity index (χ3v) is 5.85. The molecule has 0 saturated carbocycles. The number of benzene rings is 2. The van der Waals surface area contributed by atoms with Gasteiger partial charge in [-0.3, -0.25) is 9.59 Å². The van der Waals surface area contributed by atoms with Crippen molar-refractivity contribution in [3.05, 3.63) is 59.7 Å². The topological polar surface area (TPSA) is 93.9 Å². The minimum Gasteiger partial charge on any atom is -0.497 e. The van der Waals surface area contributed by atoms with Crippen molar-refractivity contribution in [3.63, 3.8) is 0 Å². The molecule has 2 saturated heterocycles. The second-order valence-electron chi connectivity index (χ2n) is 7.50. The summed E-state index contributed by atoms with van der Waals surface area (Å²) in [6, 6.07) is 14.6. The number of ether oxygens (including phenoxy) is 2. The molecule has 0 spiro atoms. The average molecular weight is 395 g/mol. The van der Waals surface area contributed by atoms with E-state index in [0.29, 0.717) is 24.1 Å². The van der Waals surface area contributed by atoms with Gasteiger partial charge in [-0.25, -0.2) is 0 Å². The highest BCUT2D eigenvalue weighted by Crippen LogP contribution is 2.43. The number of methoxy groups -OCH3 is 1. The summed E-state index contributed by atoms with van der Waals surface area (Å²) in [5, 5.41) is 3.44. The first kappa shape index (κ1) is 19.3. The molecule has 2 fully saturated rings. The van der Waals surface area contributed by atoms with E-state index in [4.69, 9.17) is 15.2 Å². The van der Waals surface area contributed by atoms with Crippen molar-refractivity contribution in [2.45, 2.75) is 6.04 Å². The number of carbonyl (C=O) groups is 2. The summed E-state index contributed by atoms with van der Waals surface area (Å²) in [6.45, 7) is 2.35. The van der Waals surface area contributed by atoms with E-state index in [-0.39, 0.29) is 24.1 Å². The minimum absolute atomic E-state index is 0.0107. The molecule has 2 aromatic rings. The van der Waals surface area contributed by atoms with Crippen LogP contribution < -0.4 is 20.5 Å². The van der Waals surface area contributed by atoms with Gasteiger partial charge in [0.05, 0.1) is 18.7 Å². The van der Waals surface area contributed by atoms with Crippen LogP contribution in [-0.4, -0.2) is 50.1 Å². The van der Waals surface area contributed by atoms with Gasteiger partial charge >= 0.3 is 0 Å². The fraction of sp³-hybridized carbons (Fsp3) is 0.364. The second kappa shape index (κ2) is 8.13. The van der Waals surface area contributed by atoms with Gasteiger partial charge in [0, 0.05) is 25.6 Å². The molecular weight excluding hydrogens is 370 g/mol. The number of nitrogens with one attached hydrogen (secondary N) is 1. The Bertz CT molecular complexity index is 899. The Kier molecular flexibility index (Phi) is 5.40. The molecule has 2 aromatic carbocycles. The average Bonchev–Trinajstić information content (AvgIpc) is 3.33. The number of hydrogen-bond donors (Lipinski definition) is 2. The molecule has 0 unspecified atom stereocenters. The van der Waals surface area contributed by atoms with Crippen LogP contribution in [0, 0.1) is 11.8 Å². The molecule has 29 heavy (non-hydrogen) atoms. The summed E-state index contributed by atoms with van der Waals surface area (Å²) >= 11 is 0. The number of hydrogen-bond acceptors (Lipinski definition) is 5. The quantitative estimate of drug-likeness (QED) is 0.775. The first-order valence-corrected chi connectivity index (χ1v) is 9.74. The van der Waals surface area contributed by atoms with Crippen molar-refractivity contribution in [2.75, 3.05) is 33.4 Å². The standard InChI is InChI=1S/C22H25N3O4/c1-28-16-8-6-14(7-9-16)21-18-11-24-10-15(18)12-25(21)20(26)13-29-19-5-3-2-4-17(19)22(23)27/h2-9,15,18,21,24H,10-13H2,1H3,(H2,23,27)/t15-,18-,21-/m0/s1. The number of nitrogens with zero attached hydrogens (tertiary/aromatic N) is 1. The van der Waals surface area contributed by atoms with Gasteiger partial charge in [-0.1, -0.05) is 24.3 Å². The lowest BCUT2D eigenvalue weighted by molar-refractivity contribution is -0.134. The van der Waals surface area contributed by atoms with Gasteiger partial charge in [-0.05, 0) is 35.7 Å². The van der Waals surface area contributed by atoms with Crippen LogP contribution in [0.15, 0.2) is 48.5 Å². The lowest BCUT2D eigenvalue weighted by Crippen LogP contribution is -2.37. The van der Waals surface area contributed by atoms with Crippen molar-refractivity contribution >= 4 is 11.8 Å². The fourth-order valence-corrected chi connectivity index (χ4v) is 4.42. The van der Waals surface area contributed by atoms with Crippen molar-refractivity contribution in [3.8, 4) is 11.5 Å². The summed E-state index contributed by atoms with van der Waals surface area (Å²) < 4.78 is 10.9. The maximum absolute atomic E-state index is 13.1. The highest BCUT2D eigenvalue weighted by Gasteiger charge is 2.46. The number of fused-ring (bicyclic) bond motifs is 1. The van der Waals surface area contributed by atoms with E-state index >= 15 is 0 Å². The Morgan fingerprint density at radius 3 is 2.62 bits per heavy atom. The maximum atomic E-state index is 13.1. The molecule has 2 amide bonds. The highest BCUT2D eigenvalue weighted by atomic mass is 16.5. The van der Waals surface area contributed by atoms with E-state index in [1.165, 1.54) is 0 Å². The van der Waals surface area contributed by atoms with Crippen LogP contribution in [0.5, 0.6) is 11.5 Å². The summed E-state index contributed by atoms with van der Waals surface area (Å²) in [5.41, 5.74) is 6.76. The van der Waals surface area contributed by atoms with E-state index < -0.39 is 5.91 Å². The number of nitrogens with two attached hydrogens (primary N) is 1. The highest BCUT2D eigenvalue weighted by molar-refractivity contribution is 5.95. The maximum Gasteiger partial charge on any atom is 0.261 e. The molecule has 2 aliphatic heterocycles. The third kappa shape index (κ3) is 3.78. The van der Waals surface area contributed by atoms with Crippen LogP contribution in [-0.2, 0) is 4.79 Å². The third-order valence-electron chi connectivity index (χ3n) is 5.85. The number of likely N-dealkylation sites (tertiary alicyclic amines) is 1. The monoisotopic (exact) mass is 395 g/mol. The number of rotatable bonds is 6.